The number of nitrogens with zero attached hydrogens (tertiary/aromatic N) is 3. The summed E-state index contributed by atoms with van der Waals surface area (Å²) in [6.45, 7) is 1.22. The molecule has 0 aliphatic carbocycles. The molecule has 2 rings (SSSR count). The van der Waals surface area contributed by atoms with Crippen LogP contribution >= 0.6 is 11.6 Å². The smallest absolute Gasteiger partial charge is 0.270 e. The maximum atomic E-state index is 11.9. The second kappa shape index (κ2) is 6.85. The van der Waals surface area contributed by atoms with Crippen LogP contribution in [0.3, 0.4) is 0 Å². The summed E-state index contributed by atoms with van der Waals surface area (Å²) in [5.41, 5.74) is 0.0848. The lowest BCUT2D eigenvalue weighted by molar-refractivity contribution is -0.384. The third-order valence-corrected chi connectivity index (χ3v) is 3.16. The molecular formula is C13H13ClN4O3. The van der Waals surface area contributed by atoms with E-state index in [2.05, 4.69) is 10.3 Å². The van der Waals surface area contributed by atoms with Gasteiger partial charge in [-0.2, -0.15) is 0 Å². The number of hydrogen-bond donors (Lipinski definition) is 1. The van der Waals surface area contributed by atoms with Crippen LogP contribution in [0.5, 0.6) is 0 Å². The van der Waals surface area contributed by atoms with Gasteiger partial charge in [-0.05, 0) is 12.5 Å². The average Bonchev–Trinajstić information content (AvgIpc) is 2.96. The van der Waals surface area contributed by atoms with E-state index in [1.165, 1.54) is 18.2 Å². The zero-order valence-electron chi connectivity index (χ0n) is 11.0. The number of hydrogen-bond acceptors (Lipinski definition) is 4. The summed E-state index contributed by atoms with van der Waals surface area (Å²) < 4.78 is 1.91. The molecule has 8 heteroatoms. The van der Waals surface area contributed by atoms with Crippen molar-refractivity contribution in [1.82, 2.24) is 14.9 Å². The Kier molecular flexibility index (Phi) is 4.89. The van der Waals surface area contributed by atoms with Crippen LogP contribution in [0.15, 0.2) is 36.9 Å². The fourth-order valence-electron chi connectivity index (χ4n) is 1.78. The van der Waals surface area contributed by atoms with Gasteiger partial charge in [0.2, 0.25) is 0 Å². The van der Waals surface area contributed by atoms with Gasteiger partial charge in [0.1, 0.15) is 0 Å². The number of nitrogens with one attached hydrogen (secondary N) is 1. The lowest BCUT2D eigenvalue weighted by Crippen LogP contribution is -2.25. The fraction of sp³-hybridized carbons (Fsp3) is 0.231. The first-order valence-corrected chi connectivity index (χ1v) is 6.63. The third kappa shape index (κ3) is 4.03. The van der Waals surface area contributed by atoms with E-state index in [1.807, 2.05) is 10.8 Å². The van der Waals surface area contributed by atoms with Gasteiger partial charge in [-0.15, -0.1) is 0 Å². The van der Waals surface area contributed by atoms with Crippen molar-refractivity contribution in [3.8, 4) is 0 Å². The molecule has 110 valence electrons. The zero-order chi connectivity index (χ0) is 15.2. The van der Waals surface area contributed by atoms with E-state index < -0.39 is 4.92 Å². The molecule has 0 bridgehead atoms. The Morgan fingerprint density at radius 3 is 2.90 bits per heavy atom. The Bertz CT molecular complexity index is 643. The van der Waals surface area contributed by atoms with Crippen LogP contribution in [0.2, 0.25) is 5.02 Å². The highest BCUT2D eigenvalue weighted by Crippen LogP contribution is 2.22. The normalized spacial score (nSPS) is 10.3. The molecule has 0 unspecified atom stereocenters. The highest BCUT2D eigenvalue weighted by atomic mass is 35.5. The predicted octanol–water partition coefficient (Wildman–Crippen LogP) is 2.26. The van der Waals surface area contributed by atoms with E-state index in [0.717, 1.165) is 13.0 Å². The van der Waals surface area contributed by atoms with Gasteiger partial charge in [0.15, 0.2) is 0 Å². The Morgan fingerprint density at radius 1 is 1.48 bits per heavy atom. The first-order valence-electron chi connectivity index (χ1n) is 6.26. The van der Waals surface area contributed by atoms with Crippen molar-refractivity contribution in [2.24, 2.45) is 0 Å². The third-order valence-electron chi connectivity index (χ3n) is 2.85. The number of carbonyl (C=O) groups excluding carboxylic acids is 1. The molecule has 0 aliphatic rings. The number of aromatic nitrogens is 2. The summed E-state index contributed by atoms with van der Waals surface area (Å²) >= 11 is 5.88. The second-order valence-electron chi connectivity index (χ2n) is 4.33. The van der Waals surface area contributed by atoms with Crippen LogP contribution in [0, 0.1) is 10.1 Å². The number of benzene rings is 1. The van der Waals surface area contributed by atoms with Crippen LogP contribution in [0.1, 0.15) is 16.8 Å². The number of nitro benzene ring substituents is 1. The number of amides is 1. The maximum Gasteiger partial charge on any atom is 0.270 e. The van der Waals surface area contributed by atoms with Crippen molar-refractivity contribution in [2.45, 2.75) is 13.0 Å². The Hall–Kier alpha value is -2.41. The van der Waals surface area contributed by atoms with Crippen molar-refractivity contribution in [3.05, 3.63) is 57.6 Å². The summed E-state index contributed by atoms with van der Waals surface area (Å²) in [6.07, 6.45) is 5.98. The molecule has 7 nitrogen and oxygen atoms in total. The van der Waals surface area contributed by atoms with Crippen molar-refractivity contribution in [3.63, 3.8) is 0 Å². The molecule has 0 saturated carbocycles. The summed E-state index contributed by atoms with van der Waals surface area (Å²) in [4.78, 5) is 25.9. The summed E-state index contributed by atoms with van der Waals surface area (Å²) in [7, 11) is 0. The first kappa shape index (κ1) is 15.0. The van der Waals surface area contributed by atoms with Gasteiger partial charge in [0.25, 0.3) is 11.6 Å². The average molecular weight is 309 g/mol. The lowest BCUT2D eigenvalue weighted by atomic mass is 10.2. The predicted molar refractivity (Wildman–Crippen MR) is 77.3 cm³/mol. The molecule has 2 aromatic rings. The number of carbonyl (C=O) groups is 1. The fourth-order valence-corrected chi connectivity index (χ4v) is 2.04. The van der Waals surface area contributed by atoms with Gasteiger partial charge < -0.3 is 9.88 Å². The van der Waals surface area contributed by atoms with Gasteiger partial charge >= 0.3 is 0 Å². The molecule has 0 spiro atoms. The number of non-ortho nitro benzene ring substituents is 1. The molecule has 1 aromatic carbocycles. The van der Waals surface area contributed by atoms with E-state index in [0.29, 0.717) is 6.54 Å². The van der Waals surface area contributed by atoms with E-state index >= 15 is 0 Å². The van der Waals surface area contributed by atoms with Crippen LogP contribution in [-0.4, -0.2) is 26.9 Å². The SMILES string of the molecule is O=C(NCCCn1ccnc1)c1ccc([N+](=O)[O-])cc1Cl. The molecule has 0 radical (unpaired) electrons. The lowest BCUT2D eigenvalue weighted by Gasteiger charge is -2.07. The molecule has 0 atom stereocenters. The van der Waals surface area contributed by atoms with Crippen molar-refractivity contribution >= 4 is 23.2 Å². The monoisotopic (exact) mass is 308 g/mol. The minimum absolute atomic E-state index is 0.0660. The van der Waals surface area contributed by atoms with Crippen molar-refractivity contribution in [2.75, 3.05) is 6.54 Å². The Morgan fingerprint density at radius 2 is 2.29 bits per heavy atom. The minimum Gasteiger partial charge on any atom is -0.352 e. The van der Waals surface area contributed by atoms with Gasteiger partial charge in [0.05, 0.1) is 21.8 Å². The highest BCUT2D eigenvalue weighted by molar-refractivity contribution is 6.34. The molecule has 1 N–H and O–H groups in total. The number of imidazole rings is 1. The topological polar surface area (TPSA) is 90.1 Å². The van der Waals surface area contributed by atoms with E-state index in [1.54, 1.807) is 12.5 Å². The van der Waals surface area contributed by atoms with Crippen LogP contribution < -0.4 is 5.32 Å². The van der Waals surface area contributed by atoms with Crippen molar-refractivity contribution in [1.29, 1.82) is 0 Å². The molecule has 1 amide bonds. The summed E-state index contributed by atoms with van der Waals surface area (Å²) in [5.74, 6) is -0.347. The van der Waals surface area contributed by atoms with E-state index in [9.17, 15) is 14.9 Å². The van der Waals surface area contributed by atoms with Crippen molar-refractivity contribution < 1.29 is 9.72 Å². The van der Waals surface area contributed by atoms with Crippen LogP contribution in [-0.2, 0) is 6.54 Å². The molecule has 0 saturated heterocycles. The number of rotatable bonds is 6. The molecule has 0 aliphatic heterocycles. The van der Waals surface area contributed by atoms with Gasteiger partial charge in [-0.25, -0.2) is 4.98 Å². The second-order valence-corrected chi connectivity index (χ2v) is 4.74. The summed E-state index contributed by atoms with van der Waals surface area (Å²) in [5, 5.41) is 13.4. The first-order chi connectivity index (χ1) is 10.1. The Balaban J connectivity index is 1.87. The molecular weight excluding hydrogens is 296 g/mol. The van der Waals surface area contributed by atoms with Crippen LogP contribution in [0.4, 0.5) is 5.69 Å². The Labute approximate surface area is 125 Å². The molecule has 1 heterocycles. The van der Waals surface area contributed by atoms with Gasteiger partial charge in [-0.1, -0.05) is 11.6 Å². The minimum atomic E-state index is -0.557. The van der Waals surface area contributed by atoms with E-state index in [4.69, 9.17) is 11.6 Å². The number of nitro groups is 1. The van der Waals surface area contributed by atoms with Gasteiger partial charge in [0, 0.05) is 37.6 Å². The quantitative estimate of drug-likeness (QED) is 0.503. The van der Waals surface area contributed by atoms with Crippen LogP contribution in [0.25, 0.3) is 0 Å². The maximum absolute atomic E-state index is 11.9. The molecule has 0 fully saturated rings. The molecule has 1 aromatic heterocycles. The summed E-state index contributed by atoms with van der Waals surface area (Å²) in [6, 6.07) is 3.78. The standard InChI is InChI=1S/C13H13ClN4O3/c14-12-8-10(18(20)21)2-3-11(12)13(19)16-4-1-6-17-7-5-15-9-17/h2-3,5,7-9H,1,4,6H2,(H,16,19). The largest absolute Gasteiger partial charge is 0.352 e. The van der Waals surface area contributed by atoms with Gasteiger partial charge in [-0.3, -0.25) is 14.9 Å². The number of aryl methyl sites for hydroxylation is 1. The van der Waals surface area contributed by atoms with E-state index in [-0.39, 0.29) is 22.2 Å². The molecule has 21 heavy (non-hydrogen) atoms. The zero-order valence-corrected chi connectivity index (χ0v) is 11.8. The number of halogens is 1. The highest BCUT2D eigenvalue weighted by Gasteiger charge is 2.14.